The third-order valence-corrected chi connectivity index (χ3v) is 6.52. The maximum atomic E-state index is 12.3. The molecule has 2 N–H and O–H groups in total. The first-order chi connectivity index (χ1) is 18.8. The number of aliphatic hydroxyl groups is 1. The molecule has 0 fully saturated rings. The van der Waals surface area contributed by atoms with Crippen LogP contribution in [0.1, 0.15) is 81.9 Å². The minimum Gasteiger partial charge on any atom is -0.507 e. The number of aliphatic hydroxyl groups excluding tert-OH is 1. The van der Waals surface area contributed by atoms with E-state index in [1.54, 1.807) is 52.8 Å². The van der Waals surface area contributed by atoms with Crippen LogP contribution < -0.4 is 10.1 Å². The molecule has 2 aromatic carbocycles. The lowest BCUT2D eigenvalue weighted by Crippen LogP contribution is -2.35. The summed E-state index contributed by atoms with van der Waals surface area (Å²) in [6, 6.07) is 12.4. The SMILES string of the molecule is CCOC(=O)Cc1ccc(C(C)=O)cc1OC1(C)C(CC)=CC(c2cccc(CNC(=O)OC(C)(C)C)c2)=C1O. The van der Waals surface area contributed by atoms with Crippen LogP contribution in [-0.2, 0) is 27.2 Å². The minimum absolute atomic E-state index is 0.0110. The Balaban J connectivity index is 1.94. The Labute approximate surface area is 236 Å². The van der Waals surface area contributed by atoms with E-state index >= 15 is 0 Å². The normalized spacial score (nSPS) is 16.8. The van der Waals surface area contributed by atoms with Crippen molar-refractivity contribution in [3.63, 3.8) is 0 Å². The van der Waals surface area contributed by atoms with Crippen LogP contribution in [0.2, 0.25) is 0 Å². The van der Waals surface area contributed by atoms with Crippen molar-refractivity contribution in [1.29, 1.82) is 0 Å². The number of hydrogen-bond acceptors (Lipinski definition) is 7. The predicted octanol–water partition coefficient (Wildman–Crippen LogP) is 6.48. The van der Waals surface area contributed by atoms with Crippen LogP contribution in [0.4, 0.5) is 4.79 Å². The van der Waals surface area contributed by atoms with Gasteiger partial charge in [-0.2, -0.15) is 0 Å². The molecule has 0 bridgehead atoms. The summed E-state index contributed by atoms with van der Waals surface area (Å²) >= 11 is 0. The summed E-state index contributed by atoms with van der Waals surface area (Å²) < 4.78 is 16.9. The summed E-state index contributed by atoms with van der Waals surface area (Å²) in [5.41, 5.74) is 2.16. The second-order valence-corrected chi connectivity index (χ2v) is 10.8. The third-order valence-electron chi connectivity index (χ3n) is 6.52. The van der Waals surface area contributed by atoms with Crippen LogP contribution in [0.3, 0.4) is 0 Å². The van der Waals surface area contributed by atoms with Crippen LogP contribution >= 0.6 is 0 Å². The Morgan fingerprint density at radius 1 is 1.05 bits per heavy atom. The van der Waals surface area contributed by atoms with Crippen molar-refractivity contribution in [2.75, 3.05) is 6.61 Å². The molecule has 1 atom stereocenters. The van der Waals surface area contributed by atoms with Crippen molar-refractivity contribution in [2.45, 2.75) is 79.1 Å². The summed E-state index contributed by atoms with van der Waals surface area (Å²) in [5.74, 6) is -0.224. The number of Topliss-reactive ketones (excluding diaryl/α,β-unsaturated/α-hetero) is 1. The van der Waals surface area contributed by atoms with Gasteiger partial charge in [-0.1, -0.05) is 37.3 Å². The van der Waals surface area contributed by atoms with E-state index in [0.29, 0.717) is 28.9 Å². The summed E-state index contributed by atoms with van der Waals surface area (Å²) in [6.45, 7) is 12.8. The summed E-state index contributed by atoms with van der Waals surface area (Å²) in [7, 11) is 0. The fourth-order valence-corrected chi connectivity index (χ4v) is 4.50. The second-order valence-electron chi connectivity index (χ2n) is 10.8. The first-order valence-corrected chi connectivity index (χ1v) is 13.5. The van der Waals surface area contributed by atoms with Gasteiger partial charge in [0.05, 0.1) is 13.0 Å². The van der Waals surface area contributed by atoms with Gasteiger partial charge in [-0.25, -0.2) is 4.79 Å². The summed E-state index contributed by atoms with van der Waals surface area (Å²) in [4.78, 5) is 36.5. The van der Waals surface area contributed by atoms with Crippen molar-refractivity contribution < 1.29 is 33.7 Å². The Bertz CT molecular complexity index is 1350. The molecular weight excluding hydrogens is 510 g/mol. The fourth-order valence-electron chi connectivity index (χ4n) is 4.50. The number of amides is 1. The number of alkyl carbamates (subject to hydrolysis) is 1. The lowest BCUT2D eigenvalue weighted by Gasteiger charge is -2.31. The Morgan fingerprint density at radius 2 is 1.77 bits per heavy atom. The quantitative estimate of drug-likeness (QED) is 0.258. The summed E-state index contributed by atoms with van der Waals surface area (Å²) in [5, 5.41) is 14.3. The Kier molecular flexibility index (Phi) is 9.45. The lowest BCUT2D eigenvalue weighted by atomic mass is 9.94. The zero-order chi connectivity index (χ0) is 29.7. The molecule has 2 aromatic rings. The van der Waals surface area contributed by atoms with Gasteiger partial charge < -0.3 is 24.6 Å². The van der Waals surface area contributed by atoms with Crippen molar-refractivity contribution in [3.8, 4) is 5.75 Å². The van der Waals surface area contributed by atoms with Crippen molar-refractivity contribution in [2.24, 2.45) is 0 Å². The van der Waals surface area contributed by atoms with E-state index in [4.69, 9.17) is 14.2 Å². The van der Waals surface area contributed by atoms with E-state index in [2.05, 4.69) is 5.32 Å². The number of esters is 1. The highest BCUT2D eigenvalue weighted by Crippen LogP contribution is 2.44. The van der Waals surface area contributed by atoms with Gasteiger partial charge in [0.2, 0.25) is 0 Å². The van der Waals surface area contributed by atoms with Crippen LogP contribution in [0.25, 0.3) is 5.57 Å². The number of hydrogen-bond donors (Lipinski definition) is 2. The van der Waals surface area contributed by atoms with E-state index in [1.807, 2.05) is 37.3 Å². The molecule has 1 aliphatic rings. The molecule has 3 rings (SSSR count). The molecule has 0 radical (unpaired) electrons. The Morgan fingerprint density at radius 3 is 2.40 bits per heavy atom. The van der Waals surface area contributed by atoms with Crippen molar-refractivity contribution in [3.05, 3.63) is 82.1 Å². The van der Waals surface area contributed by atoms with Gasteiger partial charge in [0.15, 0.2) is 11.4 Å². The van der Waals surface area contributed by atoms with E-state index in [1.165, 1.54) is 6.92 Å². The van der Waals surface area contributed by atoms with Crippen LogP contribution in [0.5, 0.6) is 5.75 Å². The van der Waals surface area contributed by atoms with Gasteiger partial charge in [0, 0.05) is 23.2 Å². The minimum atomic E-state index is -1.23. The number of allylic oxidation sites excluding steroid dienone is 2. The van der Waals surface area contributed by atoms with E-state index < -0.39 is 23.3 Å². The number of nitrogens with one attached hydrogen (secondary N) is 1. The number of benzene rings is 2. The number of ketones is 1. The fraction of sp³-hybridized carbons (Fsp3) is 0.406. The predicted molar refractivity (Wildman–Crippen MR) is 153 cm³/mol. The highest BCUT2D eigenvalue weighted by molar-refractivity contribution is 5.94. The number of ether oxygens (including phenoxy) is 3. The molecular formula is C32H39NO7. The van der Waals surface area contributed by atoms with Crippen molar-refractivity contribution in [1.82, 2.24) is 5.32 Å². The van der Waals surface area contributed by atoms with Gasteiger partial charge in [0.25, 0.3) is 0 Å². The zero-order valence-electron chi connectivity index (χ0n) is 24.3. The zero-order valence-corrected chi connectivity index (χ0v) is 24.3. The number of carbonyl (C=O) groups excluding carboxylic acids is 3. The topological polar surface area (TPSA) is 111 Å². The molecule has 0 heterocycles. The average Bonchev–Trinajstić information content (AvgIpc) is 3.12. The maximum Gasteiger partial charge on any atom is 0.407 e. The van der Waals surface area contributed by atoms with Crippen LogP contribution in [-0.4, -0.2) is 40.8 Å². The number of carbonyl (C=O) groups is 3. The molecule has 8 heteroatoms. The monoisotopic (exact) mass is 549 g/mol. The smallest absolute Gasteiger partial charge is 0.407 e. The van der Waals surface area contributed by atoms with Crippen LogP contribution in [0.15, 0.2) is 59.9 Å². The Hall–Kier alpha value is -4.07. The van der Waals surface area contributed by atoms with E-state index in [-0.39, 0.29) is 31.1 Å². The van der Waals surface area contributed by atoms with Gasteiger partial charge in [-0.3, -0.25) is 9.59 Å². The summed E-state index contributed by atoms with van der Waals surface area (Å²) in [6.07, 6.45) is 1.94. The third kappa shape index (κ3) is 7.31. The molecule has 40 heavy (non-hydrogen) atoms. The molecule has 8 nitrogen and oxygen atoms in total. The molecule has 1 amide bonds. The molecule has 0 saturated carbocycles. The average molecular weight is 550 g/mol. The lowest BCUT2D eigenvalue weighted by molar-refractivity contribution is -0.142. The molecule has 0 saturated heterocycles. The first-order valence-electron chi connectivity index (χ1n) is 13.5. The van der Waals surface area contributed by atoms with E-state index in [9.17, 15) is 19.5 Å². The highest BCUT2D eigenvalue weighted by Gasteiger charge is 2.42. The standard InChI is InChI=1S/C32H39NO7/c1-8-25-18-26(23-12-10-11-21(15-23)19-33-30(37)40-31(4,5)6)29(36)32(25,7)39-27-16-22(20(3)34)13-14-24(27)17-28(35)38-9-2/h10-16,18,36H,8-9,17,19H2,1-7H3,(H,33,37). The molecule has 0 aromatic heterocycles. The van der Waals surface area contributed by atoms with Gasteiger partial charge in [-0.05, 0) is 82.9 Å². The highest BCUT2D eigenvalue weighted by atomic mass is 16.6. The van der Waals surface area contributed by atoms with Gasteiger partial charge >= 0.3 is 12.1 Å². The molecule has 0 spiro atoms. The molecule has 1 aliphatic carbocycles. The first kappa shape index (κ1) is 30.5. The van der Waals surface area contributed by atoms with Crippen LogP contribution in [0, 0.1) is 0 Å². The van der Waals surface area contributed by atoms with Crippen molar-refractivity contribution >= 4 is 23.4 Å². The molecule has 0 aliphatic heterocycles. The maximum absolute atomic E-state index is 12.3. The second kappa shape index (κ2) is 12.4. The number of rotatable bonds is 10. The molecule has 1 unspecified atom stereocenters. The molecule has 214 valence electrons. The van der Waals surface area contributed by atoms with Gasteiger partial charge in [0.1, 0.15) is 17.1 Å². The largest absolute Gasteiger partial charge is 0.507 e. The van der Waals surface area contributed by atoms with Gasteiger partial charge in [-0.15, -0.1) is 0 Å². The van der Waals surface area contributed by atoms with E-state index in [0.717, 1.165) is 16.7 Å².